The van der Waals surface area contributed by atoms with Gasteiger partial charge >= 0.3 is 0 Å². The van der Waals surface area contributed by atoms with Gasteiger partial charge in [0.05, 0.1) is 5.60 Å². The van der Waals surface area contributed by atoms with Crippen molar-refractivity contribution in [1.82, 2.24) is 4.90 Å². The fourth-order valence-corrected chi connectivity index (χ4v) is 3.12. The molecule has 0 unspecified atom stereocenters. The van der Waals surface area contributed by atoms with Crippen LogP contribution >= 0.6 is 0 Å². The minimum absolute atomic E-state index is 0.117. The Morgan fingerprint density at radius 3 is 2.72 bits per heavy atom. The predicted octanol–water partition coefficient (Wildman–Crippen LogP) is 2.60. The van der Waals surface area contributed by atoms with Crippen molar-refractivity contribution in [2.75, 3.05) is 14.1 Å². The molecule has 0 aromatic heterocycles. The third-order valence-corrected chi connectivity index (χ3v) is 4.04. The number of hydrogen-bond acceptors (Lipinski definition) is 2. The van der Waals surface area contributed by atoms with Crippen LogP contribution in [0.3, 0.4) is 0 Å². The maximum atomic E-state index is 13.7. The first-order valence-electron chi connectivity index (χ1n) is 6.65. The molecule has 1 aromatic carbocycles. The highest BCUT2D eigenvalue weighted by Crippen LogP contribution is 2.34. The van der Waals surface area contributed by atoms with Crippen molar-refractivity contribution in [3.05, 3.63) is 35.6 Å². The summed E-state index contributed by atoms with van der Waals surface area (Å²) in [6, 6.07) is 6.87. The second-order valence-electron chi connectivity index (χ2n) is 5.60. The van der Waals surface area contributed by atoms with Gasteiger partial charge in [-0.25, -0.2) is 4.39 Å². The molecule has 2 nitrogen and oxygen atoms in total. The van der Waals surface area contributed by atoms with Gasteiger partial charge in [0.2, 0.25) is 0 Å². The van der Waals surface area contributed by atoms with Crippen LogP contribution < -0.4 is 0 Å². The summed E-state index contributed by atoms with van der Waals surface area (Å²) in [5.74, 6) is -0.214. The Balaban J connectivity index is 2.21. The fourth-order valence-electron chi connectivity index (χ4n) is 3.12. The van der Waals surface area contributed by atoms with E-state index < -0.39 is 5.60 Å². The van der Waals surface area contributed by atoms with E-state index in [1.165, 1.54) is 6.07 Å². The van der Waals surface area contributed by atoms with E-state index in [0.717, 1.165) is 25.7 Å². The van der Waals surface area contributed by atoms with Gasteiger partial charge in [0, 0.05) is 12.5 Å². The number of likely N-dealkylation sites (N-methyl/N-ethyl adjacent to an activating group) is 1. The van der Waals surface area contributed by atoms with Gasteiger partial charge < -0.3 is 10.0 Å². The second kappa shape index (κ2) is 5.37. The first-order valence-corrected chi connectivity index (χ1v) is 6.65. The van der Waals surface area contributed by atoms with E-state index >= 15 is 0 Å². The standard InChI is InChI=1S/C15H22FNO/c1-17(2)14-9-5-6-10-15(14,18)11-12-7-3-4-8-13(12)16/h3-4,7-8,14,18H,5-6,9-11H2,1-2H3/t14-,15+/m1/s1. The number of aliphatic hydroxyl groups is 1. The smallest absolute Gasteiger partial charge is 0.126 e. The van der Waals surface area contributed by atoms with E-state index in [1.807, 2.05) is 20.2 Å². The van der Waals surface area contributed by atoms with Crippen molar-refractivity contribution in [1.29, 1.82) is 0 Å². The van der Waals surface area contributed by atoms with Crippen molar-refractivity contribution >= 4 is 0 Å². The summed E-state index contributed by atoms with van der Waals surface area (Å²) in [5, 5.41) is 10.9. The van der Waals surface area contributed by atoms with Crippen LogP contribution in [0, 0.1) is 5.82 Å². The molecule has 0 saturated heterocycles. The van der Waals surface area contributed by atoms with Crippen LogP contribution in [0.5, 0.6) is 0 Å². The van der Waals surface area contributed by atoms with Crippen LogP contribution in [-0.4, -0.2) is 35.7 Å². The second-order valence-corrected chi connectivity index (χ2v) is 5.60. The monoisotopic (exact) mass is 251 g/mol. The molecular formula is C15H22FNO. The molecule has 2 atom stereocenters. The molecule has 1 aromatic rings. The molecule has 0 bridgehead atoms. The van der Waals surface area contributed by atoms with Crippen molar-refractivity contribution in [2.45, 2.75) is 43.7 Å². The van der Waals surface area contributed by atoms with E-state index in [0.29, 0.717) is 12.0 Å². The third-order valence-electron chi connectivity index (χ3n) is 4.04. The molecule has 3 heteroatoms. The highest BCUT2D eigenvalue weighted by molar-refractivity contribution is 5.20. The average Bonchev–Trinajstić information content (AvgIpc) is 2.32. The van der Waals surface area contributed by atoms with Crippen molar-refractivity contribution in [3.63, 3.8) is 0 Å². The lowest BCUT2D eigenvalue weighted by atomic mass is 9.76. The van der Waals surface area contributed by atoms with Gasteiger partial charge in [-0.05, 0) is 38.6 Å². The number of hydrogen-bond donors (Lipinski definition) is 1. The molecular weight excluding hydrogens is 229 g/mol. The topological polar surface area (TPSA) is 23.5 Å². The Hall–Kier alpha value is -0.930. The molecule has 1 fully saturated rings. The van der Waals surface area contributed by atoms with E-state index in [4.69, 9.17) is 0 Å². The summed E-state index contributed by atoms with van der Waals surface area (Å²) in [4.78, 5) is 2.07. The van der Waals surface area contributed by atoms with Gasteiger partial charge in [0.1, 0.15) is 5.82 Å². The zero-order chi connectivity index (χ0) is 13.2. The van der Waals surface area contributed by atoms with Crippen LogP contribution in [0.1, 0.15) is 31.2 Å². The minimum Gasteiger partial charge on any atom is -0.388 e. The molecule has 0 aliphatic heterocycles. The lowest BCUT2D eigenvalue weighted by molar-refractivity contribution is -0.0603. The average molecular weight is 251 g/mol. The molecule has 1 saturated carbocycles. The summed E-state index contributed by atoms with van der Waals surface area (Å²) < 4.78 is 13.7. The van der Waals surface area contributed by atoms with Gasteiger partial charge in [0.15, 0.2) is 0 Å². The molecule has 0 heterocycles. The predicted molar refractivity (Wildman–Crippen MR) is 71.0 cm³/mol. The lowest BCUT2D eigenvalue weighted by Gasteiger charge is -2.43. The van der Waals surface area contributed by atoms with E-state index in [1.54, 1.807) is 12.1 Å². The van der Waals surface area contributed by atoms with E-state index in [2.05, 4.69) is 4.90 Å². The van der Waals surface area contributed by atoms with Crippen LogP contribution in [0.25, 0.3) is 0 Å². The Bertz CT molecular complexity index is 407. The largest absolute Gasteiger partial charge is 0.388 e. The minimum atomic E-state index is -0.802. The molecule has 1 aliphatic rings. The van der Waals surface area contributed by atoms with E-state index in [9.17, 15) is 9.50 Å². The Morgan fingerprint density at radius 2 is 2.06 bits per heavy atom. The summed E-state index contributed by atoms with van der Waals surface area (Å²) in [5.41, 5.74) is -0.182. The van der Waals surface area contributed by atoms with Crippen molar-refractivity contribution < 1.29 is 9.50 Å². The van der Waals surface area contributed by atoms with Crippen molar-refractivity contribution in [2.24, 2.45) is 0 Å². The molecule has 1 N–H and O–H groups in total. The van der Waals surface area contributed by atoms with Crippen LogP contribution in [0.15, 0.2) is 24.3 Å². The fraction of sp³-hybridized carbons (Fsp3) is 0.600. The van der Waals surface area contributed by atoms with Gasteiger partial charge in [-0.15, -0.1) is 0 Å². The summed E-state index contributed by atoms with van der Waals surface area (Å²) in [6.07, 6.45) is 4.31. The molecule has 18 heavy (non-hydrogen) atoms. The Kier molecular flexibility index (Phi) is 4.03. The van der Waals surface area contributed by atoms with Gasteiger partial charge in [-0.3, -0.25) is 0 Å². The number of benzene rings is 1. The molecule has 2 rings (SSSR count). The highest BCUT2D eigenvalue weighted by Gasteiger charge is 2.40. The van der Waals surface area contributed by atoms with Crippen LogP contribution in [-0.2, 0) is 6.42 Å². The molecule has 0 amide bonds. The zero-order valence-corrected chi connectivity index (χ0v) is 11.2. The van der Waals surface area contributed by atoms with Gasteiger partial charge in [0.25, 0.3) is 0 Å². The molecule has 1 aliphatic carbocycles. The van der Waals surface area contributed by atoms with Crippen molar-refractivity contribution in [3.8, 4) is 0 Å². The summed E-state index contributed by atoms with van der Waals surface area (Å²) >= 11 is 0. The zero-order valence-electron chi connectivity index (χ0n) is 11.2. The third kappa shape index (κ3) is 2.73. The van der Waals surface area contributed by atoms with Crippen LogP contribution in [0.4, 0.5) is 4.39 Å². The normalized spacial score (nSPS) is 28.6. The van der Waals surface area contributed by atoms with E-state index in [-0.39, 0.29) is 11.9 Å². The summed E-state index contributed by atoms with van der Waals surface area (Å²) in [7, 11) is 3.98. The van der Waals surface area contributed by atoms with Gasteiger partial charge in [-0.1, -0.05) is 31.0 Å². The molecule has 0 radical (unpaired) electrons. The first-order chi connectivity index (χ1) is 8.53. The highest BCUT2D eigenvalue weighted by atomic mass is 19.1. The Morgan fingerprint density at radius 1 is 1.33 bits per heavy atom. The SMILES string of the molecule is CN(C)[C@@H]1CCCC[C@]1(O)Cc1ccccc1F. The number of nitrogens with zero attached hydrogens (tertiary/aromatic N) is 1. The van der Waals surface area contributed by atoms with Gasteiger partial charge in [-0.2, -0.15) is 0 Å². The Labute approximate surface area is 108 Å². The summed E-state index contributed by atoms with van der Waals surface area (Å²) in [6.45, 7) is 0. The lowest BCUT2D eigenvalue weighted by Crippen LogP contribution is -2.53. The maximum Gasteiger partial charge on any atom is 0.126 e. The molecule has 100 valence electrons. The maximum absolute atomic E-state index is 13.7. The first kappa shape index (κ1) is 13.5. The molecule has 0 spiro atoms. The van der Waals surface area contributed by atoms with Crippen LogP contribution in [0.2, 0.25) is 0 Å². The number of rotatable bonds is 3. The quantitative estimate of drug-likeness (QED) is 0.892. The number of halogens is 1.